The van der Waals surface area contributed by atoms with Gasteiger partial charge in [0.1, 0.15) is 17.4 Å². The van der Waals surface area contributed by atoms with Crippen LogP contribution in [-0.2, 0) is 0 Å². The second kappa shape index (κ2) is 5.71. The fourth-order valence-electron chi connectivity index (χ4n) is 1.32. The lowest BCUT2D eigenvalue weighted by molar-refractivity contribution is 0.103. The van der Waals surface area contributed by atoms with Gasteiger partial charge in [0.25, 0.3) is 0 Å². The number of allylic oxidation sites excluding steroid dienone is 1. The first-order valence-electron chi connectivity index (χ1n) is 5.05. The van der Waals surface area contributed by atoms with Crippen LogP contribution < -0.4 is 4.74 Å². The molecular weight excluding hydrogens is 216 g/mol. The number of benzene rings is 1. The van der Waals surface area contributed by atoms with E-state index in [9.17, 15) is 4.79 Å². The molecule has 4 heteroatoms. The van der Waals surface area contributed by atoms with E-state index < -0.39 is 0 Å². The lowest BCUT2D eigenvalue weighted by atomic mass is 10.0. The smallest absolute Gasteiger partial charge is 0.205 e. The van der Waals surface area contributed by atoms with Crippen molar-refractivity contribution in [3.8, 4) is 11.8 Å². The van der Waals surface area contributed by atoms with Gasteiger partial charge in [-0.05, 0) is 12.1 Å². The molecule has 1 aromatic rings. The van der Waals surface area contributed by atoms with Gasteiger partial charge >= 0.3 is 0 Å². The molecule has 0 N–H and O–H groups in total. The zero-order valence-corrected chi connectivity index (χ0v) is 10.1. The van der Waals surface area contributed by atoms with Crippen LogP contribution in [0.5, 0.6) is 5.75 Å². The number of carbonyl (C=O) groups excluding carboxylic acids is 1. The third kappa shape index (κ3) is 3.35. The van der Waals surface area contributed by atoms with Crippen LogP contribution in [0.15, 0.2) is 36.0 Å². The largest absolute Gasteiger partial charge is 0.497 e. The molecule has 88 valence electrons. The molecule has 1 rings (SSSR count). The maximum atomic E-state index is 12.0. The minimum atomic E-state index is -0.305. The lowest BCUT2D eigenvalue weighted by Crippen LogP contribution is -2.08. The normalized spacial score (nSPS) is 10.6. The topological polar surface area (TPSA) is 53.3 Å². The molecule has 0 aliphatic carbocycles. The molecule has 0 saturated heterocycles. The maximum Gasteiger partial charge on any atom is 0.205 e. The summed E-state index contributed by atoms with van der Waals surface area (Å²) < 4.78 is 5.03. The first-order valence-corrected chi connectivity index (χ1v) is 5.05. The van der Waals surface area contributed by atoms with E-state index in [0.717, 1.165) is 0 Å². The van der Waals surface area contributed by atoms with Crippen molar-refractivity contribution in [3.05, 3.63) is 41.6 Å². The van der Waals surface area contributed by atoms with Crippen LogP contribution in [0.25, 0.3) is 0 Å². The van der Waals surface area contributed by atoms with E-state index in [4.69, 9.17) is 10.00 Å². The molecule has 0 aliphatic heterocycles. The summed E-state index contributed by atoms with van der Waals surface area (Å²) in [6, 6.07) is 8.64. The van der Waals surface area contributed by atoms with E-state index in [-0.39, 0.29) is 11.4 Å². The molecule has 0 fully saturated rings. The SMILES string of the molecule is COc1cccc(C(=O)/C(C#N)=C/N(C)C)c1. The number of methoxy groups -OCH3 is 1. The van der Waals surface area contributed by atoms with Gasteiger partial charge in [-0.3, -0.25) is 4.79 Å². The van der Waals surface area contributed by atoms with Crippen LogP contribution in [-0.4, -0.2) is 31.9 Å². The minimum absolute atomic E-state index is 0.100. The molecule has 0 saturated carbocycles. The number of rotatable bonds is 4. The number of ketones is 1. The molecule has 4 nitrogen and oxygen atoms in total. The molecule has 0 aliphatic rings. The number of nitrogens with zero attached hydrogens (tertiary/aromatic N) is 2. The van der Waals surface area contributed by atoms with E-state index in [0.29, 0.717) is 11.3 Å². The van der Waals surface area contributed by atoms with Crippen molar-refractivity contribution in [2.75, 3.05) is 21.2 Å². The molecule has 0 atom stereocenters. The van der Waals surface area contributed by atoms with E-state index in [2.05, 4.69) is 0 Å². The number of ether oxygens (including phenoxy) is 1. The van der Waals surface area contributed by atoms with Crippen molar-refractivity contribution in [1.82, 2.24) is 4.90 Å². The average Bonchev–Trinajstić information content (AvgIpc) is 2.35. The highest BCUT2D eigenvalue weighted by atomic mass is 16.5. The third-order valence-corrected chi connectivity index (χ3v) is 2.08. The molecule has 0 heterocycles. The monoisotopic (exact) mass is 230 g/mol. The molecule has 0 amide bonds. The molecule has 17 heavy (non-hydrogen) atoms. The van der Waals surface area contributed by atoms with Crippen molar-refractivity contribution >= 4 is 5.78 Å². The van der Waals surface area contributed by atoms with Crippen molar-refractivity contribution in [2.24, 2.45) is 0 Å². The summed E-state index contributed by atoms with van der Waals surface area (Å²) in [5, 5.41) is 8.94. The number of nitriles is 1. The Kier molecular flexibility index (Phi) is 4.29. The quantitative estimate of drug-likeness (QED) is 0.450. The third-order valence-electron chi connectivity index (χ3n) is 2.08. The van der Waals surface area contributed by atoms with Gasteiger partial charge in [-0.15, -0.1) is 0 Å². The predicted octanol–water partition coefficient (Wildman–Crippen LogP) is 1.85. The lowest BCUT2D eigenvalue weighted by Gasteiger charge is -2.06. The second-order valence-electron chi connectivity index (χ2n) is 3.68. The van der Waals surface area contributed by atoms with Crippen LogP contribution in [0.2, 0.25) is 0 Å². The zero-order valence-electron chi connectivity index (χ0n) is 10.1. The van der Waals surface area contributed by atoms with Crippen LogP contribution in [0, 0.1) is 11.3 Å². The fraction of sp³-hybridized carbons (Fsp3) is 0.231. The van der Waals surface area contributed by atoms with Crippen LogP contribution in [0.1, 0.15) is 10.4 Å². The van der Waals surface area contributed by atoms with Gasteiger partial charge in [-0.1, -0.05) is 12.1 Å². The Balaban J connectivity index is 3.07. The van der Waals surface area contributed by atoms with E-state index in [1.54, 1.807) is 43.3 Å². The first kappa shape index (κ1) is 12.8. The van der Waals surface area contributed by atoms with Crippen molar-refractivity contribution < 1.29 is 9.53 Å². The van der Waals surface area contributed by atoms with Crippen LogP contribution in [0.3, 0.4) is 0 Å². The predicted molar refractivity (Wildman–Crippen MR) is 64.7 cm³/mol. The molecule has 0 unspecified atom stereocenters. The Hall–Kier alpha value is -2.28. The van der Waals surface area contributed by atoms with Gasteiger partial charge in [-0.25, -0.2) is 0 Å². The van der Waals surface area contributed by atoms with E-state index in [1.807, 2.05) is 6.07 Å². The first-order chi connectivity index (χ1) is 8.08. The van der Waals surface area contributed by atoms with Gasteiger partial charge < -0.3 is 9.64 Å². The van der Waals surface area contributed by atoms with Crippen molar-refractivity contribution in [1.29, 1.82) is 5.26 Å². The Morgan fingerprint density at radius 3 is 2.71 bits per heavy atom. The summed E-state index contributed by atoms with van der Waals surface area (Å²) in [6.45, 7) is 0. The van der Waals surface area contributed by atoms with Gasteiger partial charge in [0, 0.05) is 25.9 Å². The highest BCUT2D eigenvalue weighted by molar-refractivity contribution is 6.11. The summed E-state index contributed by atoms with van der Waals surface area (Å²) in [5.41, 5.74) is 0.544. The minimum Gasteiger partial charge on any atom is -0.497 e. The van der Waals surface area contributed by atoms with Crippen LogP contribution in [0.4, 0.5) is 0 Å². The number of Topliss-reactive ketones (excluding diaryl/α,β-unsaturated/α-hetero) is 1. The highest BCUT2D eigenvalue weighted by Crippen LogP contribution is 2.15. The summed E-state index contributed by atoms with van der Waals surface area (Å²) in [6.07, 6.45) is 1.50. The fourth-order valence-corrected chi connectivity index (χ4v) is 1.32. The molecule has 1 aromatic carbocycles. The van der Waals surface area contributed by atoms with E-state index >= 15 is 0 Å². The average molecular weight is 230 g/mol. The Bertz CT molecular complexity index is 484. The molecule has 0 spiro atoms. The highest BCUT2D eigenvalue weighted by Gasteiger charge is 2.12. The standard InChI is InChI=1S/C13H14N2O2/c1-15(2)9-11(8-14)13(16)10-5-4-6-12(7-10)17-3/h4-7,9H,1-3H3/b11-9+. The number of hydrogen-bond donors (Lipinski definition) is 0. The Labute approximate surface area is 101 Å². The Morgan fingerprint density at radius 1 is 1.47 bits per heavy atom. The Morgan fingerprint density at radius 2 is 2.18 bits per heavy atom. The van der Waals surface area contributed by atoms with Crippen molar-refractivity contribution in [3.63, 3.8) is 0 Å². The van der Waals surface area contributed by atoms with E-state index in [1.165, 1.54) is 13.3 Å². The van der Waals surface area contributed by atoms with Gasteiger partial charge in [0.2, 0.25) is 5.78 Å². The van der Waals surface area contributed by atoms with Gasteiger partial charge in [0.05, 0.1) is 7.11 Å². The number of hydrogen-bond acceptors (Lipinski definition) is 4. The van der Waals surface area contributed by atoms with Crippen molar-refractivity contribution in [2.45, 2.75) is 0 Å². The summed E-state index contributed by atoms with van der Waals surface area (Å²) >= 11 is 0. The molecule has 0 radical (unpaired) electrons. The van der Waals surface area contributed by atoms with Gasteiger partial charge in [0.15, 0.2) is 0 Å². The zero-order chi connectivity index (χ0) is 12.8. The molecule has 0 aromatic heterocycles. The summed E-state index contributed by atoms with van der Waals surface area (Å²) in [4.78, 5) is 13.7. The summed E-state index contributed by atoms with van der Waals surface area (Å²) in [7, 11) is 5.05. The van der Waals surface area contributed by atoms with Crippen LogP contribution >= 0.6 is 0 Å². The van der Waals surface area contributed by atoms with Gasteiger partial charge in [-0.2, -0.15) is 5.26 Å². The molecule has 0 bridgehead atoms. The second-order valence-corrected chi connectivity index (χ2v) is 3.68. The number of carbonyl (C=O) groups is 1. The summed E-state index contributed by atoms with van der Waals surface area (Å²) in [5.74, 6) is 0.290. The maximum absolute atomic E-state index is 12.0. The molecular formula is C13H14N2O2.